The van der Waals surface area contributed by atoms with Gasteiger partial charge in [-0.15, -0.1) is 0 Å². The second-order valence-corrected chi connectivity index (χ2v) is 3.60. The maximum atomic E-state index is 11.3. The van der Waals surface area contributed by atoms with Crippen LogP contribution in [0.2, 0.25) is 5.15 Å². The number of esters is 1. The van der Waals surface area contributed by atoms with Gasteiger partial charge in [-0.25, -0.2) is 14.8 Å². The number of methoxy groups -OCH3 is 1. The molecule has 0 aromatic carbocycles. The maximum Gasteiger partial charge on any atom is 0.342 e. The Hall–Kier alpha value is -1.88. The van der Waals surface area contributed by atoms with E-state index in [0.29, 0.717) is 12.2 Å². The van der Waals surface area contributed by atoms with Crippen LogP contribution in [0.1, 0.15) is 21.9 Å². The maximum absolute atomic E-state index is 11.3. The van der Waals surface area contributed by atoms with E-state index in [2.05, 4.69) is 14.7 Å². The first-order valence-electron chi connectivity index (χ1n) is 4.83. The van der Waals surface area contributed by atoms with Gasteiger partial charge in [-0.2, -0.15) is 0 Å². The van der Waals surface area contributed by atoms with Crippen molar-refractivity contribution >= 4 is 17.6 Å². The van der Waals surface area contributed by atoms with Gasteiger partial charge in [-0.05, 0) is 12.1 Å². The second-order valence-electron chi connectivity index (χ2n) is 3.24. The lowest BCUT2D eigenvalue weighted by Crippen LogP contribution is -2.06. The van der Waals surface area contributed by atoms with Crippen molar-refractivity contribution in [3.8, 4) is 0 Å². The van der Waals surface area contributed by atoms with E-state index in [0.717, 1.165) is 5.76 Å². The van der Waals surface area contributed by atoms with Crippen LogP contribution in [0, 0.1) is 0 Å². The molecule has 0 aliphatic heterocycles. The van der Waals surface area contributed by atoms with Gasteiger partial charge in [0.1, 0.15) is 22.3 Å². The Bertz CT molecular complexity index is 526. The fraction of sp³-hybridized carbons (Fsp3) is 0.182. The van der Waals surface area contributed by atoms with Crippen molar-refractivity contribution < 1.29 is 13.9 Å². The number of carbonyl (C=O) groups is 1. The van der Waals surface area contributed by atoms with Crippen LogP contribution in [0.3, 0.4) is 0 Å². The molecule has 0 aliphatic carbocycles. The van der Waals surface area contributed by atoms with E-state index in [1.54, 1.807) is 12.3 Å². The van der Waals surface area contributed by atoms with Gasteiger partial charge in [-0.3, -0.25) is 0 Å². The van der Waals surface area contributed by atoms with E-state index in [1.807, 2.05) is 6.07 Å². The molecule has 17 heavy (non-hydrogen) atoms. The molecule has 0 saturated carbocycles. The highest BCUT2D eigenvalue weighted by Gasteiger charge is 2.13. The second kappa shape index (κ2) is 4.97. The van der Waals surface area contributed by atoms with Gasteiger partial charge in [0.15, 0.2) is 0 Å². The highest BCUT2D eigenvalue weighted by molar-refractivity contribution is 6.32. The van der Waals surface area contributed by atoms with Crippen molar-refractivity contribution in [1.29, 1.82) is 0 Å². The number of aromatic nitrogens is 2. The molecule has 0 N–H and O–H groups in total. The Morgan fingerprint density at radius 3 is 3.00 bits per heavy atom. The van der Waals surface area contributed by atoms with Crippen LogP contribution in [0.15, 0.2) is 29.0 Å². The quantitative estimate of drug-likeness (QED) is 0.618. The van der Waals surface area contributed by atoms with E-state index in [4.69, 9.17) is 16.0 Å². The van der Waals surface area contributed by atoms with E-state index in [9.17, 15) is 4.79 Å². The Balaban J connectivity index is 2.22. The third kappa shape index (κ3) is 2.62. The molecule has 0 saturated heterocycles. The van der Waals surface area contributed by atoms with Crippen LogP contribution in [-0.4, -0.2) is 23.0 Å². The summed E-state index contributed by atoms with van der Waals surface area (Å²) in [6.45, 7) is 0. The molecule has 0 radical (unpaired) electrons. The van der Waals surface area contributed by atoms with Crippen LogP contribution in [-0.2, 0) is 11.2 Å². The fourth-order valence-corrected chi connectivity index (χ4v) is 1.52. The fourth-order valence-electron chi connectivity index (χ4n) is 1.30. The van der Waals surface area contributed by atoms with E-state index in [1.165, 1.54) is 13.3 Å². The molecule has 88 valence electrons. The van der Waals surface area contributed by atoms with Crippen LogP contribution >= 0.6 is 11.6 Å². The molecule has 0 spiro atoms. The number of furan rings is 1. The molecule has 0 atom stereocenters. The molecule has 0 fully saturated rings. The molecule has 0 aliphatic rings. The molecular weight excluding hydrogens is 244 g/mol. The smallest absolute Gasteiger partial charge is 0.342 e. The van der Waals surface area contributed by atoms with Crippen molar-refractivity contribution in [1.82, 2.24) is 9.97 Å². The number of rotatable bonds is 3. The van der Waals surface area contributed by atoms with Gasteiger partial charge in [-0.1, -0.05) is 11.6 Å². The zero-order chi connectivity index (χ0) is 12.3. The average molecular weight is 253 g/mol. The first-order valence-corrected chi connectivity index (χ1v) is 5.20. The number of hydrogen-bond donors (Lipinski definition) is 0. The minimum atomic E-state index is -0.556. The zero-order valence-electron chi connectivity index (χ0n) is 9.01. The number of hydrogen-bond acceptors (Lipinski definition) is 5. The number of halogens is 1. The van der Waals surface area contributed by atoms with Crippen molar-refractivity contribution in [2.24, 2.45) is 0 Å². The monoisotopic (exact) mass is 252 g/mol. The van der Waals surface area contributed by atoms with E-state index >= 15 is 0 Å². The van der Waals surface area contributed by atoms with Crippen molar-refractivity contribution in [2.75, 3.05) is 7.11 Å². The van der Waals surface area contributed by atoms with Gasteiger partial charge in [0.25, 0.3) is 0 Å². The molecule has 2 rings (SSSR count). The molecule has 0 amide bonds. The number of carbonyl (C=O) groups excluding carboxylic acids is 1. The summed E-state index contributed by atoms with van der Waals surface area (Å²) in [4.78, 5) is 19.3. The molecule has 0 bridgehead atoms. The molecular formula is C11H9ClN2O3. The van der Waals surface area contributed by atoms with E-state index < -0.39 is 5.97 Å². The topological polar surface area (TPSA) is 65.2 Å². The summed E-state index contributed by atoms with van der Waals surface area (Å²) >= 11 is 5.86. The zero-order valence-corrected chi connectivity index (χ0v) is 9.77. The highest BCUT2D eigenvalue weighted by Crippen LogP contribution is 2.14. The van der Waals surface area contributed by atoms with E-state index in [-0.39, 0.29) is 10.7 Å². The summed E-state index contributed by atoms with van der Waals surface area (Å²) in [5.41, 5.74) is 0.150. The summed E-state index contributed by atoms with van der Waals surface area (Å²) in [6, 6.07) is 3.59. The van der Waals surface area contributed by atoms with Crippen LogP contribution in [0.25, 0.3) is 0 Å². The summed E-state index contributed by atoms with van der Waals surface area (Å²) in [5.74, 6) is 0.657. The largest absolute Gasteiger partial charge is 0.469 e. The molecule has 2 heterocycles. The van der Waals surface area contributed by atoms with Crippen LogP contribution < -0.4 is 0 Å². The minimum Gasteiger partial charge on any atom is -0.469 e. The third-order valence-electron chi connectivity index (χ3n) is 2.11. The first-order chi connectivity index (χ1) is 8.20. The predicted molar refractivity (Wildman–Crippen MR) is 59.9 cm³/mol. The summed E-state index contributed by atoms with van der Waals surface area (Å²) < 4.78 is 9.70. The predicted octanol–water partition coefficient (Wildman–Crippen LogP) is 2.10. The van der Waals surface area contributed by atoms with Crippen LogP contribution in [0.4, 0.5) is 0 Å². The summed E-state index contributed by atoms with van der Waals surface area (Å²) in [7, 11) is 1.27. The standard InChI is InChI=1S/C11H9ClN2O3/c1-16-11(15)8-6-13-9(14-10(8)12)5-7-3-2-4-17-7/h2-4,6H,5H2,1H3. The van der Waals surface area contributed by atoms with Crippen molar-refractivity contribution in [2.45, 2.75) is 6.42 Å². The molecule has 2 aromatic heterocycles. The van der Waals surface area contributed by atoms with Gasteiger partial charge in [0, 0.05) is 6.20 Å². The summed E-state index contributed by atoms with van der Waals surface area (Å²) in [5, 5.41) is 0.0772. The Morgan fingerprint density at radius 1 is 1.59 bits per heavy atom. The lowest BCUT2D eigenvalue weighted by atomic mass is 10.3. The van der Waals surface area contributed by atoms with Crippen molar-refractivity contribution in [3.63, 3.8) is 0 Å². The molecule has 0 unspecified atom stereocenters. The minimum absolute atomic E-state index is 0.0772. The lowest BCUT2D eigenvalue weighted by molar-refractivity contribution is 0.0600. The highest BCUT2D eigenvalue weighted by atomic mass is 35.5. The normalized spacial score (nSPS) is 10.2. The third-order valence-corrected chi connectivity index (χ3v) is 2.40. The van der Waals surface area contributed by atoms with Crippen LogP contribution in [0.5, 0.6) is 0 Å². The summed E-state index contributed by atoms with van der Waals surface area (Å²) in [6.07, 6.45) is 3.34. The Morgan fingerprint density at radius 2 is 2.41 bits per heavy atom. The molecule has 6 heteroatoms. The Kier molecular flexibility index (Phi) is 3.39. The van der Waals surface area contributed by atoms with Gasteiger partial charge in [0.2, 0.25) is 0 Å². The van der Waals surface area contributed by atoms with Crippen molar-refractivity contribution in [3.05, 3.63) is 46.9 Å². The van der Waals surface area contributed by atoms with Gasteiger partial charge >= 0.3 is 5.97 Å². The first kappa shape index (κ1) is 11.6. The average Bonchev–Trinajstić information content (AvgIpc) is 2.81. The SMILES string of the molecule is COC(=O)c1cnc(Cc2ccco2)nc1Cl. The number of nitrogens with zero attached hydrogens (tertiary/aromatic N) is 2. The van der Waals surface area contributed by atoms with Gasteiger partial charge in [0.05, 0.1) is 19.8 Å². The molecule has 5 nitrogen and oxygen atoms in total. The lowest BCUT2D eigenvalue weighted by Gasteiger charge is -2.02. The van der Waals surface area contributed by atoms with Gasteiger partial charge < -0.3 is 9.15 Å². The number of ether oxygens (including phenoxy) is 1. The molecule has 2 aromatic rings. The Labute approximate surface area is 102 Å².